The van der Waals surface area contributed by atoms with E-state index in [0.29, 0.717) is 99.8 Å². The summed E-state index contributed by atoms with van der Waals surface area (Å²) in [5.74, 6) is -9.62. The van der Waals surface area contributed by atoms with Crippen LogP contribution in [0.3, 0.4) is 0 Å². The minimum atomic E-state index is -4.86. The molecule has 54 heteroatoms. The molecule has 0 spiro atoms. The molecule has 5 aliphatic carbocycles. The van der Waals surface area contributed by atoms with Crippen molar-refractivity contribution in [1.29, 1.82) is 0 Å². The van der Waals surface area contributed by atoms with Crippen LogP contribution in [-0.4, -0.2) is 141 Å². The lowest BCUT2D eigenvalue weighted by Gasteiger charge is -2.46. The molecule has 10 aromatic rings. The summed E-state index contributed by atoms with van der Waals surface area (Å²) in [6.07, 6.45) is -6.34. The Hall–Kier alpha value is -12.5. The number of nitro benzene ring substituents is 3. The highest BCUT2D eigenvalue weighted by Crippen LogP contribution is 2.51. The minimum Gasteiger partial charge on any atom is -0.398 e. The average molecular weight is 1940 g/mol. The van der Waals surface area contributed by atoms with Crippen LogP contribution in [0, 0.1) is 71.1 Å². The van der Waals surface area contributed by atoms with Gasteiger partial charge in [0.1, 0.15) is 11.6 Å². The van der Waals surface area contributed by atoms with Gasteiger partial charge in [-0.3, -0.25) is 30.3 Å². The molecule has 9 N–H and O–H groups in total. The van der Waals surface area contributed by atoms with E-state index in [1.807, 2.05) is 0 Å². The molecular formula is C79H80Cl2F19N27O6. The SMILES string of the molecule is CC1(C)CC(Nc2nc(Cl)ncc2F)CC(C)(C)N1.CC1(C)CC(Nc2nc(Nc3cc(-n4nnnc4C(F)(F)F)c(C4CC4)cc3F)ncc2F)CC(C)(C)N1.Nc1cc(-n2nnnc2C(F)(F)F)c(C2CC2)cc1F.Nc1cc([N+](=O)[O-])c(F)cc1C1CC1.O=[N+]([O-])c1cc(-n2nnnc2C(F)(F)F)c(C2CC2)cc1F.O=[N+]([O-])c1cc(N=C(Cl)C(F)(F)F)c(C2CC2)cc1F. The van der Waals surface area contributed by atoms with E-state index in [9.17, 15) is 109 Å². The lowest BCUT2D eigenvalue weighted by atomic mass is 9.79. The van der Waals surface area contributed by atoms with Gasteiger partial charge in [0.15, 0.2) is 23.3 Å². The Balaban J connectivity index is 0.000000148. The predicted molar refractivity (Wildman–Crippen MR) is 441 cm³/mol. The van der Waals surface area contributed by atoms with E-state index in [1.54, 1.807) is 0 Å². The molecule has 17 rings (SSSR count). The van der Waals surface area contributed by atoms with Gasteiger partial charge in [-0.05, 0) is 288 Å². The standard InChI is InChI=1S/C24H28F5N9.C13H20ClFN4.C11H7ClF4N2O2.C11H7F4N5O2.C11H9F4N5.C9H9FN2O2/c1-22(2)9-13(10-23(3,4)35-22)31-19-16(26)11-30-21(33-19)32-17-8-18(14(7-15(17)25)12-5-6-12)38-20(24(27,28)29)34-36-37-38;1-12(2)5-8(6-13(3,4)19-12)17-10-9(15)7-16-11(14)18-10;12-10(11(14,15)16)17-8-4-9(18(19)20)7(13)3-6(8)5-1-2-5;12-7-3-6(5-1-2-5)8(4-9(7)20(21)22)19-10(11(13,14)15)16-17-18-19;12-7-3-6(5-1-2-5)9(4-8(7)16)20-10(11(13,14)15)17-18-19-20;10-7-3-6(5-1-2-5)8(11)4-9(7)12(13)14/h7-8,11-13,35H,5-6,9-10H2,1-4H3,(H2,30,31,32,33);7-8,19H,5-6H2,1-4H3,(H,16,17,18);3-5H,1-2H2;3-5H,1-2H2;3-5H,1-2,16H2;3-5H,1-2,11H2. The van der Waals surface area contributed by atoms with Gasteiger partial charge in [-0.15, -0.1) is 15.3 Å². The van der Waals surface area contributed by atoms with Crippen LogP contribution in [0.1, 0.15) is 220 Å². The summed E-state index contributed by atoms with van der Waals surface area (Å²) in [6, 6.07) is 10.1. The smallest absolute Gasteiger partial charge is 0.398 e. The Bertz CT molecular complexity index is 6020. The first-order valence-corrected chi connectivity index (χ1v) is 41.2. The number of nitrogens with two attached hydrogens (primary N) is 2. The highest BCUT2D eigenvalue weighted by Gasteiger charge is 2.46. The number of nitrogen functional groups attached to an aromatic ring is 2. The molecule has 133 heavy (non-hydrogen) atoms. The number of anilines is 6. The van der Waals surface area contributed by atoms with E-state index in [-0.39, 0.29) is 126 Å². The van der Waals surface area contributed by atoms with Crippen molar-refractivity contribution in [2.75, 3.05) is 27.4 Å². The third kappa shape index (κ3) is 25.5. The molecule has 0 amide bonds. The van der Waals surface area contributed by atoms with Crippen molar-refractivity contribution in [1.82, 2.24) is 91.2 Å². The maximum atomic E-state index is 15.1. The Labute approximate surface area is 750 Å². The topological polar surface area (TPSA) is 436 Å². The van der Waals surface area contributed by atoms with E-state index in [4.69, 9.17) is 34.7 Å². The monoisotopic (exact) mass is 1930 g/mol. The van der Waals surface area contributed by atoms with Crippen molar-refractivity contribution >= 4 is 85.8 Å². The van der Waals surface area contributed by atoms with Gasteiger partial charge in [0.05, 0.1) is 61.3 Å². The van der Waals surface area contributed by atoms with E-state index < -0.39 is 120 Å². The van der Waals surface area contributed by atoms with Crippen LogP contribution in [0.4, 0.5) is 141 Å². The van der Waals surface area contributed by atoms with Crippen LogP contribution in [0.15, 0.2) is 78.0 Å². The molecule has 7 aliphatic rings. The first kappa shape index (κ1) is 99.5. The number of piperidine rings is 2. The van der Waals surface area contributed by atoms with Gasteiger partial charge in [-0.2, -0.15) is 89.9 Å². The first-order chi connectivity index (χ1) is 61.8. The number of alkyl halides is 12. The second-order valence-electron chi connectivity index (χ2n) is 34.9. The summed E-state index contributed by atoms with van der Waals surface area (Å²) < 4.78 is 253. The minimum absolute atomic E-state index is 0.00615. The normalized spacial score (nSPS) is 17.6. The molecular weight excluding hydrogens is 1850 g/mol. The maximum absolute atomic E-state index is 15.1. The fourth-order valence-corrected chi connectivity index (χ4v) is 16.0. The predicted octanol–water partition coefficient (Wildman–Crippen LogP) is 19.6. The van der Waals surface area contributed by atoms with E-state index in [1.165, 1.54) is 18.2 Å². The number of hydrogen-bond donors (Lipinski definition) is 7. The van der Waals surface area contributed by atoms with Gasteiger partial charge in [0, 0.05) is 58.1 Å². The van der Waals surface area contributed by atoms with Crippen molar-refractivity contribution in [3.63, 3.8) is 0 Å². The largest absolute Gasteiger partial charge is 0.453 e. The molecule has 7 fully saturated rings. The van der Waals surface area contributed by atoms with Gasteiger partial charge in [0.25, 0.3) is 17.5 Å². The molecule has 2 aliphatic heterocycles. The second kappa shape index (κ2) is 38.2. The molecule has 7 heterocycles. The third-order valence-corrected chi connectivity index (χ3v) is 21.8. The van der Waals surface area contributed by atoms with Crippen LogP contribution in [0.5, 0.6) is 0 Å². The fourth-order valence-electron chi connectivity index (χ4n) is 15.8. The first-order valence-electron chi connectivity index (χ1n) is 40.4. The van der Waals surface area contributed by atoms with Crippen molar-refractivity contribution in [2.45, 2.75) is 234 Å². The summed E-state index contributed by atoms with van der Waals surface area (Å²) in [6.45, 7) is 16.8. The summed E-state index contributed by atoms with van der Waals surface area (Å²) in [5.41, 5.74) is 9.55. The molecule has 0 bridgehead atoms. The maximum Gasteiger partial charge on any atom is 0.453 e. The number of nitro groups is 3. The highest BCUT2D eigenvalue weighted by molar-refractivity contribution is 6.67. The number of benzene rings is 5. The molecule has 5 saturated carbocycles. The third-order valence-electron chi connectivity index (χ3n) is 21.4. The van der Waals surface area contributed by atoms with Crippen molar-refractivity contribution in [3.05, 3.63) is 195 Å². The summed E-state index contributed by atoms with van der Waals surface area (Å²) in [5, 5.41) is 74.6. The number of rotatable bonds is 18. The van der Waals surface area contributed by atoms with Crippen molar-refractivity contribution in [3.8, 4) is 17.1 Å². The molecule has 714 valence electrons. The lowest BCUT2D eigenvalue weighted by Crippen LogP contribution is -2.60. The summed E-state index contributed by atoms with van der Waals surface area (Å²) >= 11 is 10.7. The second-order valence-corrected chi connectivity index (χ2v) is 35.6. The van der Waals surface area contributed by atoms with Gasteiger partial charge in [-0.1, -0.05) is 11.6 Å². The Kier molecular flexibility index (Phi) is 28.6. The molecule has 5 aromatic heterocycles. The van der Waals surface area contributed by atoms with Crippen LogP contribution in [0.2, 0.25) is 5.28 Å². The Morgan fingerprint density at radius 1 is 0.444 bits per heavy atom. The number of hydrogen-bond acceptors (Lipinski definition) is 27. The van der Waals surface area contributed by atoms with Gasteiger partial charge in [-0.25, -0.2) is 32.5 Å². The molecule has 0 atom stereocenters. The zero-order chi connectivity index (χ0) is 97.6. The van der Waals surface area contributed by atoms with Crippen LogP contribution in [0.25, 0.3) is 17.1 Å². The zero-order valence-electron chi connectivity index (χ0n) is 70.9. The van der Waals surface area contributed by atoms with Crippen LogP contribution in [-0.2, 0) is 18.5 Å². The number of halogens is 21. The summed E-state index contributed by atoms with van der Waals surface area (Å²) in [4.78, 5) is 47.8. The molecule has 0 radical (unpaired) electrons. The highest BCUT2D eigenvalue weighted by atomic mass is 35.5. The van der Waals surface area contributed by atoms with Gasteiger partial charge < -0.3 is 38.1 Å². The van der Waals surface area contributed by atoms with Crippen molar-refractivity contribution < 1.29 is 98.2 Å². The number of aliphatic imine (C=N–C) groups is 1. The number of nitrogens with zero attached hydrogens (tertiary/aromatic N) is 20. The van der Waals surface area contributed by atoms with Crippen LogP contribution >= 0.6 is 23.2 Å². The van der Waals surface area contributed by atoms with E-state index in [2.05, 4.69) is 153 Å². The number of tetrazole rings is 3. The molecule has 5 aromatic carbocycles. The van der Waals surface area contributed by atoms with Crippen LogP contribution < -0.4 is 38.1 Å². The number of nitrogens with one attached hydrogen (secondary N) is 5. The zero-order valence-corrected chi connectivity index (χ0v) is 72.4. The van der Waals surface area contributed by atoms with E-state index in [0.717, 1.165) is 87.3 Å². The Morgan fingerprint density at radius 3 is 1.18 bits per heavy atom. The quantitative estimate of drug-likeness (QED) is 0.0105. The van der Waals surface area contributed by atoms with E-state index >= 15 is 4.39 Å². The summed E-state index contributed by atoms with van der Waals surface area (Å²) in [7, 11) is 0. The molecule has 33 nitrogen and oxygen atoms in total. The molecule has 0 unspecified atom stereocenters. The average Bonchev–Trinajstić information content (AvgIpc) is 1.62. The van der Waals surface area contributed by atoms with Gasteiger partial charge >= 0.3 is 41.8 Å². The Morgan fingerprint density at radius 2 is 0.782 bits per heavy atom. The fraction of sp³-hybridized carbons (Fsp3) is 0.468. The number of aromatic nitrogens is 16. The lowest BCUT2D eigenvalue weighted by molar-refractivity contribution is -0.387. The molecule has 2 saturated heterocycles. The van der Waals surface area contributed by atoms with Gasteiger partial charge in [0.2, 0.25) is 33.9 Å². The van der Waals surface area contributed by atoms with Crippen molar-refractivity contribution in [2.24, 2.45) is 4.99 Å².